The van der Waals surface area contributed by atoms with Crippen LogP contribution in [0.5, 0.6) is 0 Å². The Labute approximate surface area is 125 Å². The van der Waals surface area contributed by atoms with Gasteiger partial charge in [-0.05, 0) is 39.5 Å². The van der Waals surface area contributed by atoms with E-state index in [-0.39, 0.29) is 6.54 Å². The average Bonchev–Trinajstić information content (AvgIpc) is 2.57. The highest BCUT2D eigenvalue weighted by molar-refractivity contribution is 6.07. The van der Waals surface area contributed by atoms with Crippen LogP contribution in [0.15, 0.2) is 0 Å². The van der Waals surface area contributed by atoms with Gasteiger partial charge in [0.15, 0.2) is 0 Å². The number of amides is 4. The lowest BCUT2D eigenvalue weighted by atomic mass is 9.88. The van der Waals surface area contributed by atoms with Crippen molar-refractivity contribution in [2.24, 2.45) is 5.92 Å². The minimum atomic E-state index is -1.19. The fourth-order valence-corrected chi connectivity index (χ4v) is 2.29. The van der Waals surface area contributed by atoms with Gasteiger partial charge in [-0.15, -0.1) is 0 Å². The van der Waals surface area contributed by atoms with Crippen molar-refractivity contribution in [3.05, 3.63) is 0 Å². The summed E-state index contributed by atoms with van der Waals surface area (Å²) in [6.45, 7) is 9.24. The van der Waals surface area contributed by atoms with Crippen LogP contribution >= 0.6 is 0 Å². The van der Waals surface area contributed by atoms with Gasteiger partial charge in [0.2, 0.25) is 0 Å². The minimum absolute atomic E-state index is 0.0594. The van der Waals surface area contributed by atoms with Crippen molar-refractivity contribution in [2.45, 2.75) is 58.5 Å². The molecule has 0 unspecified atom stereocenters. The van der Waals surface area contributed by atoms with Gasteiger partial charge in [0.25, 0.3) is 5.91 Å². The molecule has 7 nitrogen and oxygen atoms in total. The maximum absolute atomic E-state index is 12.2. The maximum Gasteiger partial charge on any atom is 0.407 e. The van der Waals surface area contributed by atoms with E-state index in [1.807, 2.05) is 13.8 Å². The van der Waals surface area contributed by atoms with Gasteiger partial charge in [-0.25, -0.2) is 9.59 Å². The Hall–Kier alpha value is -1.79. The standard InChI is InChI=1S/C14H25N3O4/c1-9(2)6-7-14(10(18)15-11(19)16-14)8-17(12(20)21)13(3,4)5/h9H,6-8H2,1-5H3,(H,20,21)(H2,15,16,18,19)/t14-/m1/s1. The number of carbonyl (C=O) groups excluding carboxylic acids is 2. The molecule has 3 N–H and O–H groups in total. The first-order chi connectivity index (χ1) is 9.48. The molecule has 0 aromatic carbocycles. The Balaban J connectivity index is 3.05. The molecule has 1 saturated heterocycles. The smallest absolute Gasteiger partial charge is 0.407 e. The molecule has 4 amide bonds. The van der Waals surface area contributed by atoms with Crippen molar-refractivity contribution in [2.75, 3.05) is 6.54 Å². The summed E-state index contributed by atoms with van der Waals surface area (Å²) in [4.78, 5) is 36.4. The Kier molecular flexibility index (Phi) is 4.86. The molecule has 0 aliphatic carbocycles. The Morgan fingerprint density at radius 1 is 1.33 bits per heavy atom. The molecule has 0 bridgehead atoms. The first kappa shape index (κ1) is 17.3. The zero-order valence-corrected chi connectivity index (χ0v) is 13.3. The van der Waals surface area contributed by atoms with E-state index in [2.05, 4.69) is 10.6 Å². The summed E-state index contributed by atoms with van der Waals surface area (Å²) < 4.78 is 0. The minimum Gasteiger partial charge on any atom is -0.465 e. The van der Waals surface area contributed by atoms with Crippen molar-refractivity contribution < 1.29 is 19.5 Å². The topological polar surface area (TPSA) is 98.7 Å². The first-order valence-corrected chi connectivity index (χ1v) is 7.12. The fourth-order valence-electron chi connectivity index (χ4n) is 2.29. The van der Waals surface area contributed by atoms with E-state index in [1.54, 1.807) is 20.8 Å². The highest BCUT2D eigenvalue weighted by atomic mass is 16.4. The van der Waals surface area contributed by atoms with E-state index in [9.17, 15) is 19.5 Å². The molecule has 1 heterocycles. The summed E-state index contributed by atoms with van der Waals surface area (Å²) in [6.07, 6.45) is 0.00769. The molecule has 0 aromatic heterocycles. The van der Waals surface area contributed by atoms with Crippen LogP contribution in [0.3, 0.4) is 0 Å². The second-order valence-electron chi connectivity index (χ2n) is 6.96. The highest BCUT2D eigenvalue weighted by Gasteiger charge is 2.49. The van der Waals surface area contributed by atoms with Crippen LogP contribution in [0.4, 0.5) is 9.59 Å². The second kappa shape index (κ2) is 5.91. The number of urea groups is 1. The SMILES string of the molecule is CC(C)CC[C@]1(CN(C(=O)O)C(C)(C)C)NC(=O)NC1=O. The molecule has 1 rings (SSSR count). The Morgan fingerprint density at radius 3 is 2.24 bits per heavy atom. The Morgan fingerprint density at radius 2 is 1.90 bits per heavy atom. The normalized spacial score (nSPS) is 22.2. The zero-order chi connectivity index (χ0) is 16.4. The molecule has 1 atom stereocenters. The molecule has 7 heteroatoms. The number of nitrogens with zero attached hydrogens (tertiary/aromatic N) is 1. The number of carboxylic acid groups (broad SMARTS) is 1. The number of hydrogen-bond donors (Lipinski definition) is 3. The predicted molar refractivity (Wildman–Crippen MR) is 78.0 cm³/mol. The monoisotopic (exact) mass is 299 g/mol. The molecule has 0 saturated carbocycles. The highest BCUT2D eigenvalue weighted by Crippen LogP contribution is 2.25. The van der Waals surface area contributed by atoms with Gasteiger partial charge in [-0.3, -0.25) is 10.1 Å². The third-order valence-electron chi connectivity index (χ3n) is 3.63. The van der Waals surface area contributed by atoms with Crippen molar-refractivity contribution in [3.63, 3.8) is 0 Å². The molecule has 0 spiro atoms. The van der Waals surface area contributed by atoms with Crippen LogP contribution in [-0.4, -0.2) is 45.7 Å². The van der Waals surface area contributed by atoms with Crippen LogP contribution in [0.2, 0.25) is 0 Å². The van der Waals surface area contributed by atoms with E-state index in [4.69, 9.17) is 0 Å². The van der Waals surface area contributed by atoms with Crippen molar-refractivity contribution in [1.82, 2.24) is 15.5 Å². The maximum atomic E-state index is 12.2. The van der Waals surface area contributed by atoms with Crippen LogP contribution < -0.4 is 10.6 Å². The van der Waals surface area contributed by atoms with Crippen LogP contribution in [0.1, 0.15) is 47.5 Å². The van der Waals surface area contributed by atoms with Crippen molar-refractivity contribution in [1.29, 1.82) is 0 Å². The molecule has 120 valence electrons. The quantitative estimate of drug-likeness (QED) is 0.674. The lowest BCUT2D eigenvalue weighted by molar-refractivity contribution is -0.125. The van der Waals surface area contributed by atoms with E-state index < -0.39 is 29.1 Å². The molecular weight excluding hydrogens is 274 g/mol. The number of imide groups is 1. The van der Waals surface area contributed by atoms with Crippen molar-refractivity contribution in [3.8, 4) is 0 Å². The third-order valence-corrected chi connectivity index (χ3v) is 3.63. The zero-order valence-electron chi connectivity index (χ0n) is 13.3. The molecular formula is C14H25N3O4. The van der Waals surface area contributed by atoms with Gasteiger partial charge in [0.05, 0.1) is 6.54 Å². The van der Waals surface area contributed by atoms with Gasteiger partial charge in [0.1, 0.15) is 5.54 Å². The summed E-state index contributed by atoms with van der Waals surface area (Å²) in [7, 11) is 0. The molecule has 0 aromatic rings. The summed E-state index contributed by atoms with van der Waals surface area (Å²) >= 11 is 0. The molecule has 1 aliphatic rings. The summed E-state index contributed by atoms with van der Waals surface area (Å²) in [6, 6.07) is -0.567. The predicted octanol–water partition coefficient (Wildman–Crippen LogP) is 1.78. The van der Waals surface area contributed by atoms with Crippen LogP contribution in [0.25, 0.3) is 0 Å². The van der Waals surface area contributed by atoms with Gasteiger partial charge < -0.3 is 15.3 Å². The van der Waals surface area contributed by atoms with Crippen LogP contribution in [0, 0.1) is 5.92 Å². The van der Waals surface area contributed by atoms with Gasteiger partial charge in [-0.1, -0.05) is 13.8 Å². The van der Waals surface area contributed by atoms with E-state index >= 15 is 0 Å². The summed E-state index contributed by atoms with van der Waals surface area (Å²) in [5.41, 5.74) is -1.85. The lowest BCUT2D eigenvalue weighted by Crippen LogP contribution is -2.60. The lowest BCUT2D eigenvalue weighted by Gasteiger charge is -2.39. The second-order valence-corrected chi connectivity index (χ2v) is 6.96. The van der Waals surface area contributed by atoms with Crippen LogP contribution in [-0.2, 0) is 4.79 Å². The third kappa shape index (κ3) is 4.09. The number of nitrogens with one attached hydrogen (secondary N) is 2. The Bertz CT molecular complexity index is 442. The molecule has 1 aliphatic heterocycles. The average molecular weight is 299 g/mol. The van der Waals surface area contributed by atoms with E-state index in [0.717, 1.165) is 0 Å². The number of hydrogen-bond acceptors (Lipinski definition) is 3. The molecule has 0 radical (unpaired) electrons. The largest absolute Gasteiger partial charge is 0.465 e. The molecule has 1 fully saturated rings. The fraction of sp³-hybridized carbons (Fsp3) is 0.786. The first-order valence-electron chi connectivity index (χ1n) is 7.12. The van der Waals surface area contributed by atoms with Gasteiger partial charge in [-0.2, -0.15) is 0 Å². The van der Waals surface area contributed by atoms with Crippen molar-refractivity contribution >= 4 is 18.0 Å². The van der Waals surface area contributed by atoms with E-state index in [1.165, 1.54) is 4.90 Å². The molecule has 21 heavy (non-hydrogen) atoms. The number of rotatable bonds is 5. The number of carbonyl (C=O) groups is 3. The van der Waals surface area contributed by atoms with E-state index in [0.29, 0.717) is 18.8 Å². The van der Waals surface area contributed by atoms with Gasteiger partial charge >= 0.3 is 12.1 Å². The summed E-state index contributed by atoms with van der Waals surface area (Å²) in [5.74, 6) is -0.108. The van der Waals surface area contributed by atoms with Gasteiger partial charge in [0, 0.05) is 5.54 Å². The summed E-state index contributed by atoms with van der Waals surface area (Å²) in [5, 5.41) is 14.2.